The van der Waals surface area contributed by atoms with Crippen molar-refractivity contribution in [1.29, 1.82) is 0 Å². The molecule has 7 atom stereocenters. The fourth-order valence-corrected chi connectivity index (χ4v) is 10.2. The number of rotatable bonds is 10. The van der Waals surface area contributed by atoms with Crippen molar-refractivity contribution in [2.24, 2.45) is 28.6 Å². The van der Waals surface area contributed by atoms with Gasteiger partial charge in [-0.25, -0.2) is 4.79 Å². The van der Waals surface area contributed by atoms with Crippen LogP contribution in [0.25, 0.3) is 0 Å². The van der Waals surface area contributed by atoms with E-state index in [4.69, 9.17) is 9.47 Å². The summed E-state index contributed by atoms with van der Waals surface area (Å²) in [4.78, 5) is 29.5. The zero-order chi connectivity index (χ0) is 33.4. The first-order chi connectivity index (χ1) is 23.2. The zero-order valence-electron chi connectivity index (χ0n) is 28.9. The maximum absolute atomic E-state index is 14.2. The first kappa shape index (κ1) is 33.0. The molecule has 0 saturated heterocycles. The van der Waals surface area contributed by atoms with E-state index in [1.54, 1.807) is 0 Å². The van der Waals surface area contributed by atoms with Crippen molar-refractivity contribution in [1.82, 2.24) is 4.90 Å². The van der Waals surface area contributed by atoms with Crippen molar-refractivity contribution in [2.45, 2.75) is 90.0 Å². The maximum Gasteiger partial charge on any atom is 0.344 e. The van der Waals surface area contributed by atoms with Crippen LogP contribution in [-0.2, 0) is 37.8 Å². The van der Waals surface area contributed by atoms with Gasteiger partial charge in [0.1, 0.15) is 5.78 Å². The summed E-state index contributed by atoms with van der Waals surface area (Å²) in [7, 11) is 1.48. The number of methoxy groups -OCH3 is 1. The van der Waals surface area contributed by atoms with Crippen LogP contribution in [0.3, 0.4) is 0 Å². The number of nitrogens with zero attached hydrogens (tertiary/aromatic N) is 1. The third kappa shape index (κ3) is 5.98. The Hall–Kier alpha value is -3.54. The van der Waals surface area contributed by atoms with Gasteiger partial charge in [0.15, 0.2) is 0 Å². The van der Waals surface area contributed by atoms with Crippen molar-refractivity contribution in [3.8, 4) is 0 Å². The van der Waals surface area contributed by atoms with E-state index in [-0.39, 0.29) is 22.9 Å². The molecule has 4 aliphatic carbocycles. The van der Waals surface area contributed by atoms with E-state index in [0.717, 1.165) is 56.9 Å². The van der Waals surface area contributed by atoms with Gasteiger partial charge in [-0.05, 0) is 84.8 Å². The van der Waals surface area contributed by atoms with Crippen LogP contribution in [0.5, 0.6) is 0 Å². The summed E-state index contributed by atoms with van der Waals surface area (Å²) >= 11 is 0. The lowest BCUT2D eigenvalue weighted by molar-refractivity contribution is -0.188. The minimum absolute atomic E-state index is 0.114. The van der Waals surface area contributed by atoms with E-state index < -0.39 is 5.60 Å². The van der Waals surface area contributed by atoms with E-state index in [9.17, 15) is 9.59 Å². The Balaban J connectivity index is 1.20. The number of carbonyl (C=O) groups is 2. The zero-order valence-corrected chi connectivity index (χ0v) is 28.9. The molecule has 0 bridgehead atoms. The molecule has 3 aromatic rings. The number of ketones is 1. The second-order valence-electron chi connectivity index (χ2n) is 15.5. The van der Waals surface area contributed by atoms with Crippen molar-refractivity contribution in [2.75, 3.05) is 13.7 Å². The fourth-order valence-electron chi connectivity index (χ4n) is 10.2. The summed E-state index contributed by atoms with van der Waals surface area (Å²) in [5.74, 6) is 1.84. The Morgan fingerprint density at radius 3 is 2.02 bits per heavy atom. The number of ether oxygens (including phenoxy) is 2. The number of carbonyl (C=O) groups excluding carboxylic acids is 2. The Labute approximate surface area is 286 Å². The summed E-state index contributed by atoms with van der Waals surface area (Å²) in [5.41, 5.74) is 3.38. The predicted molar refractivity (Wildman–Crippen MR) is 189 cm³/mol. The van der Waals surface area contributed by atoms with Gasteiger partial charge in [-0.2, -0.15) is 0 Å². The molecule has 0 amide bonds. The maximum atomic E-state index is 14.2. The van der Waals surface area contributed by atoms with Crippen LogP contribution in [0.4, 0.5) is 0 Å². The van der Waals surface area contributed by atoms with Gasteiger partial charge in [-0.1, -0.05) is 116 Å². The van der Waals surface area contributed by atoms with Gasteiger partial charge in [0, 0.05) is 31.5 Å². The molecule has 0 N–H and O–H groups in total. The molecular weight excluding hydrogens is 594 g/mol. The molecule has 3 saturated carbocycles. The molecule has 5 heteroatoms. The van der Waals surface area contributed by atoms with E-state index in [1.807, 2.05) is 42.5 Å². The monoisotopic (exact) mass is 645 g/mol. The van der Waals surface area contributed by atoms with E-state index in [2.05, 4.69) is 73.4 Å². The van der Waals surface area contributed by atoms with Crippen molar-refractivity contribution in [3.05, 3.63) is 119 Å². The Morgan fingerprint density at radius 1 is 0.812 bits per heavy atom. The van der Waals surface area contributed by atoms with Crippen LogP contribution in [0.15, 0.2) is 103 Å². The molecule has 3 aromatic carbocycles. The summed E-state index contributed by atoms with van der Waals surface area (Å²) in [6.07, 6.45) is 10.2. The smallest absolute Gasteiger partial charge is 0.344 e. The van der Waals surface area contributed by atoms with Crippen LogP contribution < -0.4 is 0 Å². The Kier molecular flexibility index (Phi) is 9.21. The first-order valence-corrected chi connectivity index (χ1v) is 18.1. The van der Waals surface area contributed by atoms with Crippen molar-refractivity contribution in [3.63, 3.8) is 0 Å². The van der Waals surface area contributed by atoms with Gasteiger partial charge in [-0.3, -0.25) is 9.69 Å². The Morgan fingerprint density at radius 2 is 1.40 bits per heavy atom. The highest BCUT2D eigenvalue weighted by Gasteiger charge is 2.59. The van der Waals surface area contributed by atoms with Crippen molar-refractivity contribution < 1.29 is 19.1 Å². The SMILES string of the molecule is COC(=O)[C@](CN(Cc1ccccc1)Cc1ccccc1)(O[C@H]1CC[C@@]2(C)C(=CCC3[C@@H]2CC[C@]2(C)C(=O)CC[C@@H]32)C1)c1ccccc1. The van der Waals surface area contributed by atoms with Gasteiger partial charge in [0.2, 0.25) is 5.60 Å². The molecule has 0 heterocycles. The largest absolute Gasteiger partial charge is 0.467 e. The fraction of sp³-hybridized carbons (Fsp3) is 0.488. The van der Waals surface area contributed by atoms with Crippen LogP contribution in [0, 0.1) is 28.6 Å². The highest BCUT2D eigenvalue weighted by Crippen LogP contribution is 2.64. The van der Waals surface area contributed by atoms with Gasteiger partial charge >= 0.3 is 5.97 Å². The van der Waals surface area contributed by atoms with E-state index in [0.29, 0.717) is 43.2 Å². The summed E-state index contributed by atoms with van der Waals surface area (Å²) in [6.45, 7) is 6.44. The lowest BCUT2D eigenvalue weighted by Crippen LogP contribution is -2.53. The predicted octanol–water partition coefficient (Wildman–Crippen LogP) is 8.67. The third-order valence-corrected chi connectivity index (χ3v) is 12.8. The normalized spacial score (nSPS) is 30.8. The third-order valence-electron chi connectivity index (χ3n) is 12.8. The second-order valence-corrected chi connectivity index (χ2v) is 15.5. The average molecular weight is 646 g/mol. The quantitative estimate of drug-likeness (QED) is 0.163. The molecular formula is C43H51NO4. The lowest BCUT2D eigenvalue weighted by atomic mass is 9.48. The molecule has 3 fully saturated rings. The van der Waals surface area contributed by atoms with E-state index in [1.165, 1.54) is 23.8 Å². The molecule has 1 unspecified atom stereocenters. The molecule has 5 nitrogen and oxygen atoms in total. The van der Waals surface area contributed by atoms with Gasteiger partial charge in [-0.15, -0.1) is 0 Å². The molecule has 252 valence electrons. The molecule has 0 radical (unpaired) electrons. The summed E-state index contributed by atoms with van der Waals surface area (Å²) in [6, 6.07) is 30.9. The number of hydrogen-bond donors (Lipinski definition) is 0. The first-order valence-electron chi connectivity index (χ1n) is 18.1. The topological polar surface area (TPSA) is 55.8 Å². The highest BCUT2D eigenvalue weighted by atomic mass is 16.6. The van der Waals surface area contributed by atoms with Gasteiger partial charge in [0.05, 0.1) is 13.2 Å². The minimum atomic E-state index is -1.30. The number of esters is 1. The summed E-state index contributed by atoms with van der Waals surface area (Å²) < 4.78 is 12.9. The average Bonchev–Trinajstić information content (AvgIpc) is 3.42. The molecule has 4 aliphatic rings. The molecule has 7 rings (SSSR count). The molecule has 0 aromatic heterocycles. The van der Waals surface area contributed by atoms with Crippen LogP contribution in [0.2, 0.25) is 0 Å². The van der Waals surface area contributed by atoms with Crippen LogP contribution in [0.1, 0.15) is 81.9 Å². The van der Waals surface area contributed by atoms with Gasteiger partial charge in [0.25, 0.3) is 0 Å². The minimum Gasteiger partial charge on any atom is -0.467 e. The highest BCUT2D eigenvalue weighted by molar-refractivity contribution is 5.87. The summed E-state index contributed by atoms with van der Waals surface area (Å²) in [5, 5.41) is 0. The molecule has 0 spiro atoms. The van der Waals surface area contributed by atoms with Crippen LogP contribution in [-0.4, -0.2) is 36.4 Å². The number of allylic oxidation sites excluding steroid dienone is 1. The number of fused-ring (bicyclic) bond motifs is 5. The lowest BCUT2D eigenvalue weighted by Gasteiger charge is -2.57. The number of hydrogen-bond acceptors (Lipinski definition) is 5. The molecule has 0 aliphatic heterocycles. The van der Waals surface area contributed by atoms with Gasteiger partial charge < -0.3 is 9.47 Å². The molecule has 48 heavy (non-hydrogen) atoms. The number of Topliss-reactive ketones (excluding diaryl/α,β-unsaturated/α-hetero) is 1. The van der Waals surface area contributed by atoms with Crippen molar-refractivity contribution >= 4 is 11.8 Å². The standard InChI is InChI=1S/C43H51NO4/c1-41-25-23-35(27-34(41)19-20-36-37-21-22-39(45)42(37,2)26-24-38(36)41)48-43(40(46)47-3,33-17-11-6-12-18-33)30-44(28-31-13-7-4-8-14-31)29-32-15-9-5-10-16-32/h4-19,35-38H,20-30H2,1-3H3/t35-,36?,37-,38-,41-,42-,43+/m0/s1. The Bertz CT molecular complexity index is 1580. The van der Waals surface area contributed by atoms with Crippen LogP contribution >= 0.6 is 0 Å². The second kappa shape index (κ2) is 13.4. The number of benzene rings is 3. The van der Waals surface area contributed by atoms with E-state index >= 15 is 0 Å².